The zero-order chi connectivity index (χ0) is 15.0. The summed E-state index contributed by atoms with van der Waals surface area (Å²) in [5.41, 5.74) is 0. The number of hydrogen-bond donors (Lipinski definition) is 3. The number of hydrogen-bond acceptors (Lipinski definition) is 3. The molecule has 0 heterocycles. The predicted molar refractivity (Wildman–Crippen MR) is 79.4 cm³/mol. The Balaban J connectivity index is -0.000000280. The Morgan fingerprint density at radius 1 is 0.947 bits per heavy atom. The molecule has 0 atom stereocenters. The molecule has 0 aromatic carbocycles. The van der Waals surface area contributed by atoms with Gasteiger partial charge in [-0.1, -0.05) is 0 Å². The van der Waals surface area contributed by atoms with E-state index in [0.717, 1.165) is 11.0 Å². The van der Waals surface area contributed by atoms with Crippen molar-refractivity contribution in [3.63, 3.8) is 0 Å². The quantitative estimate of drug-likeness (QED) is 0.316. The van der Waals surface area contributed by atoms with Crippen molar-refractivity contribution in [3.05, 3.63) is 0 Å². The Kier molecular flexibility index (Phi) is 14.5. The van der Waals surface area contributed by atoms with Crippen LogP contribution in [0.5, 0.6) is 0 Å². The molecular weight excluding hydrogens is 299 g/mol. The van der Waals surface area contributed by atoms with Gasteiger partial charge in [0.1, 0.15) is 19.7 Å². The van der Waals surface area contributed by atoms with Crippen LogP contribution < -0.4 is 0 Å². The van der Waals surface area contributed by atoms with E-state index in [1.165, 1.54) is 0 Å². The Morgan fingerprint density at radius 3 is 1.47 bits per heavy atom. The van der Waals surface area contributed by atoms with E-state index in [1.54, 1.807) is 0 Å². The molecule has 9 heteroatoms. The van der Waals surface area contributed by atoms with E-state index in [2.05, 4.69) is 25.7 Å². The van der Waals surface area contributed by atoms with Gasteiger partial charge in [-0.15, -0.1) is 0 Å². The van der Waals surface area contributed by atoms with E-state index in [-0.39, 0.29) is 51.0 Å². The molecule has 0 bridgehead atoms. The van der Waals surface area contributed by atoms with Crippen LogP contribution in [0.25, 0.3) is 0 Å². The molecule has 0 unspecified atom stereocenters. The molecule has 0 amide bonds. The Hall–Kier alpha value is 1.25. The van der Waals surface area contributed by atoms with Crippen molar-refractivity contribution in [2.75, 3.05) is 68.6 Å². The molecule has 0 aromatic heterocycles. The summed E-state index contributed by atoms with van der Waals surface area (Å²) in [4.78, 5) is 16.6. The molecular formula is C10H31CaN2O5P+2. The van der Waals surface area contributed by atoms with Crippen molar-refractivity contribution in [2.45, 2.75) is 0 Å². The third-order valence-corrected chi connectivity index (χ3v) is 2.31. The Morgan fingerprint density at radius 2 is 1.32 bits per heavy atom. The second-order valence-corrected chi connectivity index (χ2v) is 7.31. The van der Waals surface area contributed by atoms with Crippen molar-refractivity contribution >= 4 is 45.6 Å². The molecule has 0 aromatic rings. The van der Waals surface area contributed by atoms with Crippen LogP contribution in [0.15, 0.2) is 0 Å². The second kappa shape index (κ2) is 10.9. The molecule has 0 rings (SSSR count). The van der Waals surface area contributed by atoms with Gasteiger partial charge in [0.05, 0.1) is 48.9 Å². The monoisotopic (exact) mass is 330 g/mol. The van der Waals surface area contributed by atoms with Gasteiger partial charge in [-0.2, -0.15) is 0 Å². The van der Waals surface area contributed by atoms with Crippen LogP contribution in [-0.4, -0.2) is 130 Å². The van der Waals surface area contributed by atoms with E-state index in [4.69, 9.17) is 14.9 Å². The third kappa shape index (κ3) is 32.6. The maximum atomic E-state index is 10.2. The predicted octanol–water partition coefficient (Wildman–Crippen LogP) is -1.43. The number of likely N-dealkylation sites (N-methyl/N-ethyl adjacent to an activating group) is 2. The molecule has 0 saturated carbocycles. The van der Waals surface area contributed by atoms with Crippen LogP contribution in [0.3, 0.4) is 0 Å². The molecule has 0 aliphatic heterocycles. The van der Waals surface area contributed by atoms with Crippen LogP contribution in [0.2, 0.25) is 0 Å². The fourth-order valence-corrected chi connectivity index (χ4v) is 1.05. The standard InChI is InChI=1S/C5H14NO4P.C5H14NO.Ca.2H/c1-6(2,3)4-5-10-11(7,8)9;1-6(2,3)4-5-7;;;/h4-5H2,1-3H3,(H-,7,8,9);7H,4-5H2,1-3H3;;;/q;+1;;;/p+1. The van der Waals surface area contributed by atoms with E-state index < -0.39 is 7.82 Å². The number of rotatable bonds is 6. The second-order valence-electron chi connectivity index (χ2n) is 6.08. The molecule has 0 saturated heterocycles. The molecule has 116 valence electrons. The van der Waals surface area contributed by atoms with Gasteiger partial charge in [0, 0.05) is 0 Å². The normalized spacial score (nSPS) is 12.3. The summed E-state index contributed by atoms with van der Waals surface area (Å²) >= 11 is 0. The fraction of sp³-hybridized carbons (Fsp3) is 1.00. The first-order chi connectivity index (χ1) is 7.77. The van der Waals surface area contributed by atoms with Crippen molar-refractivity contribution in [1.29, 1.82) is 0 Å². The molecule has 19 heavy (non-hydrogen) atoms. The number of phosphoric ester groups is 1. The van der Waals surface area contributed by atoms with Crippen LogP contribution in [0, 0.1) is 0 Å². The average molecular weight is 330 g/mol. The van der Waals surface area contributed by atoms with Gasteiger partial charge < -0.3 is 23.9 Å². The van der Waals surface area contributed by atoms with Crippen LogP contribution in [-0.2, 0) is 9.09 Å². The van der Waals surface area contributed by atoms with Crippen molar-refractivity contribution in [3.8, 4) is 0 Å². The molecule has 0 aliphatic rings. The molecule has 0 aliphatic carbocycles. The van der Waals surface area contributed by atoms with Crippen molar-refractivity contribution < 1.29 is 32.9 Å². The topological polar surface area (TPSA) is 87.0 Å². The Bertz CT molecular complexity index is 260. The number of aliphatic hydroxyl groups is 1. The van der Waals surface area contributed by atoms with Gasteiger partial charge in [-0.3, -0.25) is 4.52 Å². The fourth-order valence-electron chi connectivity index (χ4n) is 0.734. The summed E-state index contributed by atoms with van der Waals surface area (Å²) in [5, 5.41) is 8.39. The summed E-state index contributed by atoms with van der Waals surface area (Å²) < 4.78 is 15.9. The summed E-state index contributed by atoms with van der Waals surface area (Å²) in [6.45, 7) is 1.77. The van der Waals surface area contributed by atoms with Gasteiger partial charge in [-0.05, 0) is 0 Å². The molecule has 3 N–H and O–H groups in total. The first-order valence-electron chi connectivity index (χ1n) is 5.69. The molecule has 0 radical (unpaired) electrons. The first-order valence-corrected chi connectivity index (χ1v) is 7.22. The van der Waals surface area contributed by atoms with Crippen LogP contribution in [0.4, 0.5) is 0 Å². The van der Waals surface area contributed by atoms with Gasteiger partial charge in [0.2, 0.25) is 0 Å². The summed E-state index contributed by atoms with van der Waals surface area (Å²) in [6, 6.07) is 0. The Labute approximate surface area is 146 Å². The molecule has 0 spiro atoms. The average Bonchev–Trinajstić information content (AvgIpc) is 1.96. The molecule has 7 nitrogen and oxygen atoms in total. The van der Waals surface area contributed by atoms with E-state index >= 15 is 0 Å². The number of nitrogens with zero attached hydrogens (tertiary/aromatic N) is 2. The maximum absolute atomic E-state index is 10.2. The third-order valence-electron chi connectivity index (χ3n) is 1.79. The van der Waals surface area contributed by atoms with E-state index in [0.29, 0.717) is 11.0 Å². The minimum absolute atomic E-state index is 0. The van der Waals surface area contributed by atoms with Gasteiger partial charge in [0.15, 0.2) is 0 Å². The SMILES string of the molecule is C[N+](C)(C)CCO.C[N+](C)(C)CCOP(=O)(O)O.[CaH2]. The van der Waals surface area contributed by atoms with Gasteiger partial charge in [0.25, 0.3) is 0 Å². The van der Waals surface area contributed by atoms with E-state index in [1.807, 2.05) is 21.1 Å². The number of quaternary nitrogens is 2. The summed E-state index contributed by atoms with van der Waals surface area (Å²) in [7, 11) is 7.65. The van der Waals surface area contributed by atoms with Crippen LogP contribution >= 0.6 is 7.82 Å². The summed E-state index contributed by atoms with van der Waals surface area (Å²) in [6.07, 6.45) is 0. The summed E-state index contributed by atoms with van der Waals surface area (Å²) in [5.74, 6) is 0. The zero-order valence-electron chi connectivity index (χ0n) is 12.3. The van der Waals surface area contributed by atoms with Crippen LogP contribution in [0.1, 0.15) is 0 Å². The number of aliphatic hydroxyl groups excluding tert-OH is 1. The van der Waals surface area contributed by atoms with Crippen molar-refractivity contribution in [1.82, 2.24) is 0 Å². The first kappa shape index (κ1) is 25.2. The van der Waals surface area contributed by atoms with Gasteiger partial charge in [-0.25, -0.2) is 4.57 Å². The van der Waals surface area contributed by atoms with E-state index in [9.17, 15) is 4.57 Å². The van der Waals surface area contributed by atoms with Gasteiger partial charge >= 0.3 is 45.6 Å². The number of phosphoric acid groups is 1. The zero-order valence-corrected chi connectivity index (χ0v) is 13.2. The minimum atomic E-state index is -4.26. The molecule has 0 fully saturated rings. The van der Waals surface area contributed by atoms with Crippen molar-refractivity contribution in [2.24, 2.45) is 0 Å².